The third kappa shape index (κ3) is 6.02. The molecule has 0 bridgehead atoms. The standard InChI is InChI=1S/C29H30N2O7S/c1-17(2)38-22-9-7-6-8-21(22)25-24(28(34)37-15-14-35-4)18(3)30-29-31(25)26(32)23(39-29)16-19-10-12-20(13-11-19)27(33)36-5/h6-13,16-17,25H,14-15H2,1-5H3/b23-16+/t25-/m1/s1. The number of esters is 2. The Kier molecular flexibility index (Phi) is 8.78. The van der Waals surface area contributed by atoms with Gasteiger partial charge >= 0.3 is 11.9 Å². The normalized spacial score (nSPS) is 15.1. The molecule has 4 rings (SSSR count). The number of carbonyl (C=O) groups excluding carboxylic acids is 2. The van der Waals surface area contributed by atoms with E-state index in [0.29, 0.717) is 31.9 Å². The molecule has 204 valence electrons. The van der Waals surface area contributed by atoms with Crippen LogP contribution in [-0.2, 0) is 19.0 Å². The second-order valence-corrected chi connectivity index (χ2v) is 10.0. The van der Waals surface area contributed by atoms with Crippen molar-refractivity contribution >= 4 is 29.4 Å². The number of fused-ring (bicyclic) bond motifs is 1. The van der Waals surface area contributed by atoms with Crippen molar-refractivity contribution in [3.8, 4) is 5.75 Å². The summed E-state index contributed by atoms with van der Waals surface area (Å²) < 4.78 is 23.3. The van der Waals surface area contributed by atoms with Gasteiger partial charge in [-0.2, -0.15) is 0 Å². The van der Waals surface area contributed by atoms with Gasteiger partial charge in [0.1, 0.15) is 18.4 Å². The molecule has 1 aromatic heterocycles. The Labute approximate surface area is 229 Å². The quantitative estimate of drug-likeness (QED) is 0.298. The fraction of sp³-hybridized carbons (Fsp3) is 0.310. The minimum absolute atomic E-state index is 0.0644. The number of aromatic nitrogens is 1. The highest BCUT2D eigenvalue weighted by Gasteiger charge is 2.35. The van der Waals surface area contributed by atoms with E-state index in [1.165, 1.54) is 30.1 Å². The first-order valence-electron chi connectivity index (χ1n) is 12.4. The summed E-state index contributed by atoms with van der Waals surface area (Å²) in [6.45, 7) is 5.86. The third-order valence-corrected chi connectivity index (χ3v) is 6.95. The molecule has 0 saturated heterocycles. The van der Waals surface area contributed by atoms with Crippen LogP contribution in [0.2, 0.25) is 0 Å². The summed E-state index contributed by atoms with van der Waals surface area (Å²) in [5.41, 5.74) is 2.18. The number of thiazole rings is 1. The Morgan fingerprint density at radius 1 is 1.05 bits per heavy atom. The van der Waals surface area contributed by atoms with Crippen molar-refractivity contribution in [1.82, 2.24) is 4.57 Å². The van der Waals surface area contributed by atoms with Gasteiger partial charge in [-0.3, -0.25) is 9.36 Å². The molecule has 0 radical (unpaired) electrons. The molecule has 0 unspecified atom stereocenters. The van der Waals surface area contributed by atoms with E-state index >= 15 is 0 Å². The van der Waals surface area contributed by atoms with E-state index in [4.69, 9.17) is 18.9 Å². The molecular weight excluding hydrogens is 520 g/mol. The maximum absolute atomic E-state index is 13.9. The van der Waals surface area contributed by atoms with Crippen LogP contribution in [0.3, 0.4) is 0 Å². The van der Waals surface area contributed by atoms with Crippen molar-refractivity contribution in [3.63, 3.8) is 0 Å². The van der Waals surface area contributed by atoms with E-state index in [1.807, 2.05) is 38.1 Å². The van der Waals surface area contributed by atoms with Crippen molar-refractivity contribution in [2.45, 2.75) is 32.9 Å². The molecule has 1 atom stereocenters. The monoisotopic (exact) mass is 550 g/mol. The van der Waals surface area contributed by atoms with E-state index in [1.54, 1.807) is 37.3 Å². The minimum atomic E-state index is -0.810. The van der Waals surface area contributed by atoms with E-state index in [0.717, 1.165) is 5.56 Å². The van der Waals surface area contributed by atoms with Crippen molar-refractivity contribution < 1.29 is 28.5 Å². The van der Waals surface area contributed by atoms with Crippen LogP contribution in [0.15, 0.2) is 69.6 Å². The Morgan fingerprint density at radius 3 is 2.44 bits per heavy atom. The summed E-state index contributed by atoms with van der Waals surface area (Å²) in [6.07, 6.45) is 1.60. The lowest BCUT2D eigenvalue weighted by Crippen LogP contribution is -2.40. The number of nitrogens with zero attached hydrogens (tertiary/aromatic N) is 2. The lowest BCUT2D eigenvalue weighted by molar-refractivity contribution is -0.140. The molecule has 0 fully saturated rings. The van der Waals surface area contributed by atoms with Gasteiger partial charge in [0.2, 0.25) is 0 Å². The Morgan fingerprint density at radius 2 is 1.77 bits per heavy atom. The topological polar surface area (TPSA) is 105 Å². The summed E-state index contributed by atoms with van der Waals surface area (Å²) >= 11 is 1.22. The molecule has 0 aliphatic carbocycles. The van der Waals surface area contributed by atoms with Gasteiger partial charge in [0.15, 0.2) is 4.80 Å². The molecule has 0 saturated carbocycles. The molecule has 0 amide bonds. The fourth-order valence-electron chi connectivity index (χ4n) is 4.22. The number of allylic oxidation sites excluding steroid dienone is 1. The highest BCUT2D eigenvalue weighted by Crippen LogP contribution is 2.36. The summed E-state index contributed by atoms with van der Waals surface area (Å²) in [5, 5.41) is 0. The van der Waals surface area contributed by atoms with Crippen LogP contribution in [0, 0.1) is 0 Å². The van der Waals surface area contributed by atoms with Crippen molar-refractivity contribution in [2.75, 3.05) is 27.4 Å². The van der Waals surface area contributed by atoms with E-state index in [2.05, 4.69) is 4.99 Å². The van der Waals surface area contributed by atoms with E-state index in [-0.39, 0.29) is 30.5 Å². The van der Waals surface area contributed by atoms with Crippen molar-refractivity contribution in [3.05, 3.63) is 96.2 Å². The average Bonchev–Trinajstić information content (AvgIpc) is 3.22. The zero-order valence-electron chi connectivity index (χ0n) is 22.4. The molecule has 9 nitrogen and oxygen atoms in total. The Bertz CT molecular complexity index is 1580. The molecule has 0 N–H and O–H groups in total. The summed E-state index contributed by atoms with van der Waals surface area (Å²) in [4.78, 5) is 44.1. The van der Waals surface area contributed by atoms with Crippen LogP contribution in [0.1, 0.15) is 48.3 Å². The number of hydrogen-bond acceptors (Lipinski definition) is 9. The van der Waals surface area contributed by atoms with Gasteiger partial charge in [0.25, 0.3) is 5.56 Å². The Hall–Kier alpha value is -4.02. The molecule has 1 aliphatic rings. The molecule has 1 aliphatic heterocycles. The number of carbonyl (C=O) groups is 2. The highest BCUT2D eigenvalue weighted by molar-refractivity contribution is 7.07. The maximum Gasteiger partial charge on any atom is 0.338 e. The van der Waals surface area contributed by atoms with Gasteiger partial charge in [-0.15, -0.1) is 0 Å². The van der Waals surface area contributed by atoms with Crippen LogP contribution < -0.4 is 19.6 Å². The van der Waals surface area contributed by atoms with Crippen molar-refractivity contribution in [1.29, 1.82) is 0 Å². The van der Waals surface area contributed by atoms with Crippen molar-refractivity contribution in [2.24, 2.45) is 4.99 Å². The fourth-order valence-corrected chi connectivity index (χ4v) is 5.27. The minimum Gasteiger partial charge on any atom is -0.491 e. The van der Waals surface area contributed by atoms with Gasteiger partial charge in [-0.25, -0.2) is 14.6 Å². The molecule has 2 heterocycles. The van der Waals surface area contributed by atoms with Crippen LogP contribution in [0.5, 0.6) is 5.75 Å². The maximum atomic E-state index is 13.9. The number of para-hydroxylation sites is 1. The number of rotatable bonds is 9. The predicted octanol–water partition coefficient (Wildman–Crippen LogP) is 3.00. The lowest BCUT2D eigenvalue weighted by atomic mass is 9.95. The highest BCUT2D eigenvalue weighted by atomic mass is 32.1. The second kappa shape index (κ2) is 12.2. The SMILES string of the molecule is COCCOC(=O)C1=C(C)N=c2s/c(=C/c3ccc(C(=O)OC)cc3)c(=O)n2[C@@H]1c1ccccc1OC(C)C. The first-order valence-corrected chi connectivity index (χ1v) is 13.2. The predicted molar refractivity (Wildman–Crippen MR) is 147 cm³/mol. The van der Waals surface area contributed by atoms with Gasteiger partial charge in [0, 0.05) is 12.7 Å². The molecule has 2 aromatic carbocycles. The first kappa shape index (κ1) is 28.0. The number of methoxy groups -OCH3 is 2. The van der Waals surface area contributed by atoms with Gasteiger partial charge in [0.05, 0.1) is 41.2 Å². The smallest absolute Gasteiger partial charge is 0.338 e. The summed E-state index contributed by atoms with van der Waals surface area (Å²) in [7, 11) is 2.84. The molecule has 3 aromatic rings. The number of ether oxygens (including phenoxy) is 4. The van der Waals surface area contributed by atoms with Crippen LogP contribution in [-0.4, -0.2) is 50.0 Å². The lowest BCUT2D eigenvalue weighted by Gasteiger charge is -2.27. The molecule has 0 spiro atoms. The average molecular weight is 551 g/mol. The molecular formula is C29H30N2O7S. The third-order valence-electron chi connectivity index (χ3n) is 5.97. The van der Waals surface area contributed by atoms with E-state index < -0.39 is 18.0 Å². The first-order chi connectivity index (χ1) is 18.7. The summed E-state index contributed by atoms with van der Waals surface area (Å²) in [5.74, 6) is -0.462. The van der Waals surface area contributed by atoms with Crippen LogP contribution >= 0.6 is 11.3 Å². The molecule has 39 heavy (non-hydrogen) atoms. The van der Waals surface area contributed by atoms with Crippen LogP contribution in [0.4, 0.5) is 0 Å². The van der Waals surface area contributed by atoms with Crippen LogP contribution in [0.25, 0.3) is 6.08 Å². The largest absolute Gasteiger partial charge is 0.491 e. The van der Waals surface area contributed by atoms with E-state index in [9.17, 15) is 14.4 Å². The van der Waals surface area contributed by atoms with Gasteiger partial charge in [-0.1, -0.05) is 41.7 Å². The number of hydrogen-bond donors (Lipinski definition) is 0. The zero-order valence-corrected chi connectivity index (χ0v) is 23.2. The summed E-state index contributed by atoms with van der Waals surface area (Å²) in [6, 6.07) is 13.3. The molecule has 10 heteroatoms. The number of benzene rings is 2. The zero-order chi connectivity index (χ0) is 28.1. The Balaban J connectivity index is 1.88. The second-order valence-electron chi connectivity index (χ2n) is 9.03. The van der Waals surface area contributed by atoms with Gasteiger partial charge in [-0.05, 0) is 50.6 Å². The van der Waals surface area contributed by atoms with Gasteiger partial charge < -0.3 is 18.9 Å².